The highest BCUT2D eigenvalue weighted by atomic mass is 79.9. The molecule has 0 unspecified atom stereocenters. The van der Waals surface area contributed by atoms with Crippen LogP contribution in [0.2, 0.25) is 0 Å². The van der Waals surface area contributed by atoms with E-state index in [-0.39, 0.29) is 10.9 Å². The minimum absolute atomic E-state index is 0.0284. The Morgan fingerprint density at radius 2 is 1.82 bits per heavy atom. The molecule has 0 atom stereocenters. The predicted molar refractivity (Wildman–Crippen MR) is 86.7 cm³/mol. The van der Waals surface area contributed by atoms with E-state index in [1.54, 1.807) is 6.07 Å². The maximum atomic E-state index is 14.1. The Hall–Kier alpha value is -0.500. The number of likely N-dealkylation sites (N-methyl/N-ethyl adjacent to an activating group) is 1. The van der Waals surface area contributed by atoms with Gasteiger partial charge in [0.1, 0.15) is 10.7 Å². The van der Waals surface area contributed by atoms with Gasteiger partial charge in [-0.15, -0.1) is 0 Å². The van der Waals surface area contributed by atoms with Gasteiger partial charge in [-0.2, -0.15) is 4.31 Å². The highest BCUT2D eigenvalue weighted by Gasteiger charge is 2.39. The van der Waals surface area contributed by atoms with Crippen molar-refractivity contribution >= 4 is 26.0 Å². The monoisotopic (exact) mass is 390 g/mol. The first-order valence-corrected chi connectivity index (χ1v) is 9.80. The van der Waals surface area contributed by atoms with Crippen LogP contribution in [-0.2, 0) is 10.0 Å². The van der Waals surface area contributed by atoms with E-state index >= 15 is 0 Å². The molecule has 1 aromatic rings. The highest BCUT2D eigenvalue weighted by molar-refractivity contribution is 9.10. The number of sulfonamides is 1. The molecule has 2 saturated carbocycles. The van der Waals surface area contributed by atoms with E-state index in [0.717, 1.165) is 12.8 Å². The van der Waals surface area contributed by atoms with Gasteiger partial charge in [0, 0.05) is 29.6 Å². The van der Waals surface area contributed by atoms with Crippen LogP contribution >= 0.6 is 15.9 Å². The molecule has 2 aliphatic rings. The molecule has 0 amide bonds. The third kappa shape index (κ3) is 3.53. The third-order valence-electron chi connectivity index (χ3n) is 4.28. The van der Waals surface area contributed by atoms with Crippen molar-refractivity contribution in [3.63, 3.8) is 0 Å². The lowest BCUT2D eigenvalue weighted by Crippen LogP contribution is -2.39. The zero-order valence-corrected chi connectivity index (χ0v) is 14.9. The average Bonchev–Trinajstić information content (AvgIpc) is 3.30. The van der Waals surface area contributed by atoms with Crippen LogP contribution in [0.4, 0.5) is 4.39 Å². The van der Waals surface area contributed by atoms with Crippen LogP contribution in [0.5, 0.6) is 0 Å². The summed E-state index contributed by atoms with van der Waals surface area (Å²) in [5.41, 5.74) is 0. The zero-order chi connectivity index (χ0) is 15.9. The van der Waals surface area contributed by atoms with Crippen molar-refractivity contribution in [2.45, 2.75) is 42.7 Å². The third-order valence-corrected chi connectivity index (χ3v) is 6.76. The Kier molecular flexibility index (Phi) is 4.60. The van der Waals surface area contributed by atoms with Gasteiger partial charge < -0.3 is 4.90 Å². The van der Waals surface area contributed by atoms with E-state index in [1.165, 1.54) is 29.3 Å². The van der Waals surface area contributed by atoms with Crippen molar-refractivity contribution in [3.05, 3.63) is 28.5 Å². The van der Waals surface area contributed by atoms with Crippen molar-refractivity contribution in [1.82, 2.24) is 9.21 Å². The molecule has 0 radical (unpaired) electrons. The van der Waals surface area contributed by atoms with Crippen LogP contribution in [0.15, 0.2) is 27.6 Å². The van der Waals surface area contributed by atoms with Gasteiger partial charge in [-0.3, -0.25) is 0 Å². The van der Waals surface area contributed by atoms with Gasteiger partial charge in [0.15, 0.2) is 0 Å². The zero-order valence-electron chi connectivity index (χ0n) is 12.5. The molecule has 2 aliphatic carbocycles. The van der Waals surface area contributed by atoms with Gasteiger partial charge in [-0.05, 0) is 50.9 Å². The smallest absolute Gasteiger partial charge is 0.246 e. The number of benzene rings is 1. The van der Waals surface area contributed by atoms with E-state index in [4.69, 9.17) is 0 Å². The van der Waals surface area contributed by atoms with E-state index in [1.807, 2.05) is 7.05 Å². The molecule has 0 aromatic heterocycles. The standard InChI is InChI=1S/C15H20BrFN2O2S/c1-18(12-3-4-12)8-9-19(13-5-6-13)22(20,21)15-7-2-11(16)10-14(15)17/h2,7,10,12-13H,3-6,8-9H2,1H3. The van der Waals surface area contributed by atoms with Gasteiger partial charge in [0.25, 0.3) is 0 Å². The van der Waals surface area contributed by atoms with E-state index in [9.17, 15) is 12.8 Å². The molecule has 0 saturated heterocycles. The number of rotatable bonds is 7. The van der Waals surface area contributed by atoms with Gasteiger partial charge in [0.05, 0.1) is 0 Å². The van der Waals surface area contributed by atoms with Crippen molar-refractivity contribution in [2.24, 2.45) is 0 Å². The summed E-state index contributed by atoms with van der Waals surface area (Å²) in [4.78, 5) is 1.97. The summed E-state index contributed by atoms with van der Waals surface area (Å²) in [7, 11) is -1.75. The Bertz CT molecular complexity index is 660. The summed E-state index contributed by atoms with van der Waals surface area (Å²) < 4.78 is 41.7. The van der Waals surface area contributed by atoms with Crippen LogP contribution in [0.3, 0.4) is 0 Å². The van der Waals surface area contributed by atoms with Crippen LogP contribution in [0, 0.1) is 5.82 Å². The summed E-state index contributed by atoms with van der Waals surface area (Å²) in [5, 5.41) is 0. The normalized spacial score (nSPS) is 19.1. The van der Waals surface area contributed by atoms with E-state index < -0.39 is 15.8 Å². The lowest BCUT2D eigenvalue weighted by molar-refractivity contribution is 0.281. The van der Waals surface area contributed by atoms with Gasteiger partial charge in [-0.1, -0.05) is 15.9 Å². The SMILES string of the molecule is CN(CCN(C1CC1)S(=O)(=O)c1ccc(Br)cc1F)C1CC1. The lowest BCUT2D eigenvalue weighted by Gasteiger charge is -2.25. The van der Waals surface area contributed by atoms with E-state index in [0.29, 0.717) is 23.6 Å². The van der Waals surface area contributed by atoms with Crippen LogP contribution in [0.1, 0.15) is 25.7 Å². The predicted octanol–water partition coefficient (Wildman–Crippen LogP) is 2.84. The molecule has 0 aliphatic heterocycles. The molecular formula is C15H20BrFN2O2S. The summed E-state index contributed by atoms with van der Waals surface area (Å²) in [6.45, 7) is 1.12. The van der Waals surface area contributed by atoms with Gasteiger partial charge in [-0.25, -0.2) is 12.8 Å². The fourth-order valence-electron chi connectivity index (χ4n) is 2.63. The maximum absolute atomic E-state index is 14.1. The molecule has 2 fully saturated rings. The summed E-state index contributed by atoms with van der Waals surface area (Å²) in [6, 6.07) is 4.73. The Labute approximate surface area is 139 Å². The molecule has 4 nitrogen and oxygen atoms in total. The fraction of sp³-hybridized carbons (Fsp3) is 0.600. The molecule has 22 heavy (non-hydrogen) atoms. The number of halogens is 2. The summed E-state index contributed by atoms with van der Waals surface area (Å²) in [5.74, 6) is -0.699. The molecule has 122 valence electrons. The van der Waals surface area contributed by atoms with Crippen LogP contribution in [0.25, 0.3) is 0 Å². The molecule has 0 bridgehead atoms. The van der Waals surface area contributed by atoms with Crippen molar-refractivity contribution in [1.29, 1.82) is 0 Å². The molecule has 3 rings (SSSR count). The van der Waals surface area contributed by atoms with Crippen molar-refractivity contribution in [3.8, 4) is 0 Å². The molecular weight excluding hydrogens is 371 g/mol. The number of hydrogen-bond acceptors (Lipinski definition) is 3. The van der Waals surface area contributed by atoms with Crippen molar-refractivity contribution < 1.29 is 12.8 Å². The fourth-order valence-corrected chi connectivity index (χ4v) is 4.68. The molecule has 0 heterocycles. The Balaban J connectivity index is 1.79. The lowest BCUT2D eigenvalue weighted by atomic mass is 10.3. The first kappa shape index (κ1) is 16.4. The number of hydrogen-bond donors (Lipinski definition) is 0. The Morgan fingerprint density at radius 1 is 1.18 bits per heavy atom. The minimum Gasteiger partial charge on any atom is -0.302 e. The average molecular weight is 391 g/mol. The second-order valence-electron chi connectivity index (χ2n) is 6.13. The van der Waals surface area contributed by atoms with Crippen LogP contribution < -0.4 is 0 Å². The van der Waals surface area contributed by atoms with Gasteiger partial charge >= 0.3 is 0 Å². The van der Waals surface area contributed by atoms with Crippen molar-refractivity contribution in [2.75, 3.05) is 20.1 Å². The summed E-state index contributed by atoms with van der Waals surface area (Å²) in [6.07, 6.45) is 4.11. The maximum Gasteiger partial charge on any atom is 0.246 e. The van der Waals surface area contributed by atoms with E-state index in [2.05, 4.69) is 20.8 Å². The molecule has 7 heteroatoms. The minimum atomic E-state index is -3.78. The first-order valence-electron chi connectivity index (χ1n) is 7.57. The summed E-state index contributed by atoms with van der Waals surface area (Å²) >= 11 is 3.16. The largest absolute Gasteiger partial charge is 0.302 e. The van der Waals surface area contributed by atoms with Gasteiger partial charge in [0.2, 0.25) is 10.0 Å². The number of nitrogens with zero attached hydrogens (tertiary/aromatic N) is 2. The quantitative estimate of drug-likeness (QED) is 0.718. The topological polar surface area (TPSA) is 40.6 Å². The van der Waals surface area contributed by atoms with Crippen LogP contribution in [-0.4, -0.2) is 49.8 Å². The molecule has 0 N–H and O–H groups in total. The molecule has 1 aromatic carbocycles. The first-order chi connectivity index (χ1) is 10.4. The second kappa shape index (κ2) is 6.19. The second-order valence-corrected chi connectivity index (χ2v) is 8.91. The highest BCUT2D eigenvalue weighted by Crippen LogP contribution is 2.33. The molecule has 0 spiro atoms. The Morgan fingerprint density at radius 3 is 2.36 bits per heavy atom.